The molecule has 1 N–H and O–H groups in total. The van der Waals surface area contributed by atoms with E-state index < -0.39 is 11.9 Å². The summed E-state index contributed by atoms with van der Waals surface area (Å²) in [5.41, 5.74) is 3.80. The van der Waals surface area contributed by atoms with Crippen LogP contribution in [0.2, 0.25) is 5.02 Å². The molecule has 2 rings (SSSR count). The molecular weight excluding hydrogens is 314 g/mol. The molecule has 1 amide bonds. The molecule has 0 radical (unpaired) electrons. The molecule has 0 heterocycles. The van der Waals surface area contributed by atoms with Gasteiger partial charge in [0.2, 0.25) is 0 Å². The van der Waals surface area contributed by atoms with Crippen LogP contribution in [0.1, 0.15) is 27.0 Å². The number of carbonyl (C=O) groups excluding carboxylic acids is 2. The lowest BCUT2D eigenvalue weighted by molar-refractivity contribution is -0.119. The fourth-order valence-electron chi connectivity index (χ4n) is 2.10. The molecule has 0 saturated heterocycles. The average Bonchev–Trinajstić information content (AvgIpc) is 2.51. The average molecular weight is 332 g/mol. The van der Waals surface area contributed by atoms with Gasteiger partial charge in [0.1, 0.15) is 0 Å². The second-order valence-electron chi connectivity index (χ2n) is 5.33. The van der Waals surface area contributed by atoms with E-state index >= 15 is 0 Å². The highest BCUT2D eigenvalue weighted by molar-refractivity contribution is 6.31. The smallest absolute Gasteiger partial charge is 0.338 e. The van der Waals surface area contributed by atoms with Crippen LogP contribution < -0.4 is 5.32 Å². The third kappa shape index (κ3) is 4.33. The van der Waals surface area contributed by atoms with Gasteiger partial charge in [0.05, 0.1) is 5.56 Å². The first-order chi connectivity index (χ1) is 10.9. The number of amides is 1. The first kappa shape index (κ1) is 17.0. The topological polar surface area (TPSA) is 55.4 Å². The van der Waals surface area contributed by atoms with Gasteiger partial charge in [-0.15, -0.1) is 0 Å². The first-order valence-electron chi connectivity index (χ1n) is 7.18. The van der Waals surface area contributed by atoms with E-state index in [9.17, 15) is 9.59 Å². The molecule has 0 atom stereocenters. The second kappa shape index (κ2) is 7.29. The summed E-state index contributed by atoms with van der Waals surface area (Å²) in [6, 6.07) is 10.6. The monoisotopic (exact) mass is 331 g/mol. The van der Waals surface area contributed by atoms with Crippen molar-refractivity contribution in [3.63, 3.8) is 0 Å². The van der Waals surface area contributed by atoms with Crippen LogP contribution in [0, 0.1) is 20.8 Å². The molecule has 0 aliphatic heterocycles. The molecule has 0 aliphatic rings. The third-order valence-corrected chi connectivity index (χ3v) is 3.87. The Morgan fingerprint density at radius 1 is 1.09 bits per heavy atom. The molecule has 0 spiro atoms. The number of halogens is 1. The van der Waals surface area contributed by atoms with Gasteiger partial charge < -0.3 is 10.1 Å². The van der Waals surface area contributed by atoms with Gasteiger partial charge in [0, 0.05) is 10.7 Å². The zero-order valence-corrected chi connectivity index (χ0v) is 14.0. The maximum Gasteiger partial charge on any atom is 0.338 e. The number of benzene rings is 2. The normalized spacial score (nSPS) is 10.3. The van der Waals surface area contributed by atoms with E-state index in [2.05, 4.69) is 5.32 Å². The molecule has 120 valence electrons. The zero-order chi connectivity index (χ0) is 17.0. The number of hydrogen-bond acceptors (Lipinski definition) is 3. The second-order valence-corrected chi connectivity index (χ2v) is 5.77. The first-order valence-corrected chi connectivity index (χ1v) is 7.55. The highest BCUT2D eigenvalue weighted by Crippen LogP contribution is 2.20. The highest BCUT2D eigenvalue weighted by atomic mass is 35.5. The van der Waals surface area contributed by atoms with Gasteiger partial charge >= 0.3 is 5.97 Å². The number of aryl methyl sites for hydroxylation is 2. The van der Waals surface area contributed by atoms with Crippen LogP contribution >= 0.6 is 11.6 Å². The van der Waals surface area contributed by atoms with Gasteiger partial charge in [0.15, 0.2) is 6.61 Å². The summed E-state index contributed by atoms with van der Waals surface area (Å²) in [5.74, 6) is -0.918. The number of rotatable bonds is 4. The molecule has 0 aromatic heterocycles. The van der Waals surface area contributed by atoms with Gasteiger partial charge in [-0.2, -0.15) is 0 Å². The summed E-state index contributed by atoms with van der Waals surface area (Å²) >= 11 is 5.90. The minimum absolute atomic E-state index is 0.349. The van der Waals surface area contributed by atoms with Crippen molar-refractivity contribution in [1.82, 2.24) is 0 Å². The quantitative estimate of drug-likeness (QED) is 0.859. The molecule has 23 heavy (non-hydrogen) atoms. The van der Waals surface area contributed by atoms with E-state index in [0.717, 1.165) is 16.7 Å². The molecule has 0 unspecified atom stereocenters. The van der Waals surface area contributed by atoms with Gasteiger partial charge in [-0.05, 0) is 55.7 Å². The molecule has 5 heteroatoms. The highest BCUT2D eigenvalue weighted by Gasteiger charge is 2.14. The Balaban J connectivity index is 1.98. The van der Waals surface area contributed by atoms with Crippen LogP contribution in [0.4, 0.5) is 5.69 Å². The Morgan fingerprint density at radius 3 is 2.57 bits per heavy atom. The van der Waals surface area contributed by atoms with Crippen LogP contribution in [0.15, 0.2) is 36.4 Å². The van der Waals surface area contributed by atoms with Gasteiger partial charge in [-0.25, -0.2) is 4.79 Å². The molecular formula is C18H18ClNO3. The van der Waals surface area contributed by atoms with Crippen molar-refractivity contribution in [2.24, 2.45) is 0 Å². The van der Waals surface area contributed by atoms with Crippen LogP contribution in [-0.2, 0) is 9.53 Å². The fraction of sp³-hybridized carbons (Fsp3) is 0.222. The number of esters is 1. The fourth-order valence-corrected chi connectivity index (χ4v) is 2.27. The third-order valence-electron chi connectivity index (χ3n) is 3.63. The lowest BCUT2D eigenvalue weighted by Crippen LogP contribution is -2.21. The number of anilines is 1. The predicted octanol–water partition coefficient (Wildman–Crippen LogP) is 4.06. The number of ether oxygens (including phenoxy) is 1. The minimum Gasteiger partial charge on any atom is -0.452 e. The summed E-state index contributed by atoms with van der Waals surface area (Å²) < 4.78 is 5.08. The van der Waals surface area contributed by atoms with Crippen LogP contribution in [-0.4, -0.2) is 18.5 Å². The van der Waals surface area contributed by atoms with Crippen molar-refractivity contribution in [2.45, 2.75) is 20.8 Å². The maximum absolute atomic E-state index is 12.1. The van der Waals surface area contributed by atoms with E-state index in [4.69, 9.17) is 16.3 Å². The van der Waals surface area contributed by atoms with Crippen molar-refractivity contribution in [3.05, 3.63) is 63.7 Å². The van der Waals surface area contributed by atoms with E-state index in [1.165, 1.54) is 0 Å². The minimum atomic E-state index is -0.510. The molecule has 0 saturated carbocycles. The van der Waals surface area contributed by atoms with E-state index in [0.29, 0.717) is 16.3 Å². The summed E-state index contributed by atoms with van der Waals surface area (Å²) in [6.07, 6.45) is 0. The van der Waals surface area contributed by atoms with Gasteiger partial charge in [-0.3, -0.25) is 4.79 Å². The Labute approximate surface area is 140 Å². The summed E-state index contributed by atoms with van der Waals surface area (Å²) in [5, 5.41) is 3.21. The van der Waals surface area contributed by atoms with Crippen molar-refractivity contribution in [2.75, 3.05) is 11.9 Å². The molecule has 2 aromatic carbocycles. The molecule has 0 fully saturated rings. The molecule has 2 aromatic rings. The SMILES string of the molecule is Cc1ccc(Cl)cc1NC(=O)COC(=O)c1cccc(C)c1C. The summed E-state index contributed by atoms with van der Waals surface area (Å²) in [7, 11) is 0. The van der Waals surface area contributed by atoms with Crippen molar-refractivity contribution in [3.8, 4) is 0 Å². The maximum atomic E-state index is 12.1. The molecule has 0 bridgehead atoms. The lowest BCUT2D eigenvalue weighted by Gasteiger charge is -2.11. The van der Waals surface area contributed by atoms with E-state index in [1.54, 1.807) is 30.3 Å². The summed E-state index contributed by atoms with van der Waals surface area (Å²) in [4.78, 5) is 24.0. The largest absolute Gasteiger partial charge is 0.452 e. The zero-order valence-electron chi connectivity index (χ0n) is 13.3. The van der Waals surface area contributed by atoms with Crippen LogP contribution in [0.5, 0.6) is 0 Å². The Kier molecular flexibility index (Phi) is 5.40. The number of nitrogens with one attached hydrogen (secondary N) is 1. The molecule has 4 nitrogen and oxygen atoms in total. The standard InChI is InChI=1S/C18H18ClNO3/c1-11-5-4-6-15(13(11)3)18(22)23-10-17(21)20-16-9-14(19)8-7-12(16)2/h4-9H,10H2,1-3H3,(H,20,21). The summed E-state index contributed by atoms with van der Waals surface area (Å²) in [6.45, 7) is 5.27. The number of carbonyl (C=O) groups is 2. The predicted molar refractivity (Wildman–Crippen MR) is 91.0 cm³/mol. The lowest BCUT2D eigenvalue weighted by atomic mass is 10.0. The van der Waals surface area contributed by atoms with Crippen molar-refractivity contribution >= 4 is 29.2 Å². The Morgan fingerprint density at radius 2 is 1.83 bits per heavy atom. The molecule has 0 aliphatic carbocycles. The van der Waals surface area contributed by atoms with Gasteiger partial charge in [0.25, 0.3) is 5.91 Å². The van der Waals surface area contributed by atoms with E-state index in [-0.39, 0.29) is 6.61 Å². The Bertz CT molecular complexity index is 756. The van der Waals surface area contributed by atoms with Crippen LogP contribution in [0.3, 0.4) is 0 Å². The van der Waals surface area contributed by atoms with E-state index in [1.807, 2.05) is 26.8 Å². The van der Waals surface area contributed by atoms with Crippen LogP contribution in [0.25, 0.3) is 0 Å². The Hall–Kier alpha value is -2.33. The number of hydrogen-bond donors (Lipinski definition) is 1. The van der Waals surface area contributed by atoms with Crippen molar-refractivity contribution in [1.29, 1.82) is 0 Å². The van der Waals surface area contributed by atoms with Crippen molar-refractivity contribution < 1.29 is 14.3 Å². The van der Waals surface area contributed by atoms with Gasteiger partial charge in [-0.1, -0.05) is 29.8 Å².